The maximum Gasteiger partial charge on any atom is 0.0638 e. The third-order valence-corrected chi connectivity index (χ3v) is 3.37. The van der Waals surface area contributed by atoms with Crippen LogP contribution in [-0.2, 0) is 4.74 Å². The summed E-state index contributed by atoms with van der Waals surface area (Å²) in [5, 5.41) is 0. The molecule has 0 spiro atoms. The molecule has 0 amide bonds. The summed E-state index contributed by atoms with van der Waals surface area (Å²) in [4.78, 5) is 0. The quantitative estimate of drug-likeness (QED) is 0.508. The second-order valence-corrected chi connectivity index (χ2v) is 5.06. The summed E-state index contributed by atoms with van der Waals surface area (Å²) >= 11 is 0. The second kappa shape index (κ2) is 5.10. The van der Waals surface area contributed by atoms with Crippen molar-refractivity contribution >= 4 is 0 Å². The molecule has 1 saturated carbocycles. The van der Waals surface area contributed by atoms with E-state index in [9.17, 15) is 0 Å². The van der Waals surface area contributed by atoms with Gasteiger partial charge >= 0.3 is 0 Å². The first kappa shape index (κ1) is 12.0. The lowest BCUT2D eigenvalue weighted by atomic mass is 9.79. The van der Waals surface area contributed by atoms with Gasteiger partial charge in [-0.25, -0.2) is 0 Å². The molecule has 3 heteroatoms. The van der Waals surface area contributed by atoms with Crippen LogP contribution < -0.4 is 11.3 Å². The van der Waals surface area contributed by atoms with Gasteiger partial charge in [0.25, 0.3) is 0 Å². The molecule has 0 radical (unpaired) electrons. The van der Waals surface area contributed by atoms with Crippen molar-refractivity contribution in [2.24, 2.45) is 11.8 Å². The zero-order valence-electron chi connectivity index (χ0n) is 9.68. The number of ether oxygens (including phenoxy) is 1. The summed E-state index contributed by atoms with van der Waals surface area (Å²) in [6.07, 6.45) is 6.34. The second-order valence-electron chi connectivity index (χ2n) is 5.06. The van der Waals surface area contributed by atoms with E-state index < -0.39 is 0 Å². The van der Waals surface area contributed by atoms with E-state index in [4.69, 9.17) is 10.6 Å². The van der Waals surface area contributed by atoms with Crippen LogP contribution >= 0.6 is 0 Å². The van der Waals surface area contributed by atoms with Gasteiger partial charge in [-0.3, -0.25) is 11.3 Å². The van der Waals surface area contributed by atoms with Gasteiger partial charge in [0.05, 0.1) is 5.60 Å². The van der Waals surface area contributed by atoms with Gasteiger partial charge in [0, 0.05) is 13.2 Å². The number of nitrogens with one attached hydrogen (secondary N) is 1. The summed E-state index contributed by atoms with van der Waals surface area (Å²) in [7, 11) is 1.76. The summed E-state index contributed by atoms with van der Waals surface area (Å²) in [6.45, 7) is 4.22. The van der Waals surface area contributed by atoms with Crippen molar-refractivity contribution in [3.8, 4) is 0 Å². The Hall–Kier alpha value is -0.120. The maximum atomic E-state index is 5.56. The summed E-state index contributed by atoms with van der Waals surface area (Å²) < 4.78 is 5.41. The minimum atomic E-state index is -0.0687. The van der Waals surface area contributed by atoms with Crippen LogP contribution in [0.3, 0.4) is 0 Å². The predicted octanol–water partition coefficient (Wildman–Crippen LogP) is 1.82. The topological polar surface area (TPSA) is 47.3 Å². The first-order valence-corrected chi connectivity index (χ1v) is 5.58. The summed E-state index contributed by atoms with van der Waals surface area (Å²) in [5.41, 5.74) is 2.84. The normalized spacial score (nSPS) is 20.6. The van der Waals surface area contributed by atoms with E-state index in [1.54, 1.807) is 7.11 Å². The minimum absolute atomic E-state index is 0.0687. The highest BCUT2D eigenvalue weighted by Gasteiger charge is 2.26. The highest BCUT2D eigenvalue weighted by molar-refractivity contribution is 4.81. The number of nitrogens with two attached hydrogens (primary N) is 1. The Morgan fingerprint density at radius 1 is 1.50 bits per heavy atom. The first-order chi connectivity index (χ1) is 6.57. The third kappa shape index (κ3) is 3.56. The molecule has 84 valence electrons. The predicted molar refractivity (Wildman–Crippen MR) is 58.8 cm³/mol. The Bertz CT molecular complexity index is 167. The molecule has 14 heavy (non-hydrogen) atoms. The molecule has 1 aliphatic rings. The number of hydrazine groups is 1. The van der Waals surface area contributed by atoms with Crippen molar-refractivity contribution in [1.82, 2.24) is 5.43 Å². The third-order valence-electron chi connectivity index (χ3n) is 3.37. The fraction of sp³-hybridized carbons (Fsp3) is 1.00. The average molecular weight is 200 g/mol. The van der Waals surface area contributed by atoms with Crippen LogP contribution in [0.2, 0.25) is 0 Å². The lowest BCUT2D eigenvalue weighted by Gasteiger charge is -2.33. The molecule has 0 aliphatic heterocycles. The molecule has 1 atom stereocenters. The van der Waals surface area contributed by atoms with Gasteiger partial charge in [0.15, 0.2) is 0 Å². The van der Waals surface area contributed by atoms with Crippen molar-refractivity contribution in [2.45, 2.75) is 57.6 Å². The smallest absolute Gasteiger partial charge is 0.0638 e. The van der Waals surface area contributed by atoms with Crippen molar-refractivity contribution < 1.29 is 4.74 Å². The van der Waals surface area contributed by atoms with Crippen molar-refractivity contribution in [3.05, 3.63) is 0 Å². The van der Waals surface area contributed by atoms with E-state index in [0.717, 1.165) is 12.3 Å². The lowest BCUT2D eigenvalue weighted by Crippen LogP contribution is -2.43. The van der Waals surface area contributed by atoms with Crippen LogP contribution in [0.15, 0.2) is 0 Å². The largest absolute Gasteiger partial charge is 0.379 e. The van der Waals surface area contributed by atoms with Gasteiger partial charge in [-0.1, -0.05) is 19.3 Å². The molecular weight excluding hydrogens is 176 g/mol. The maximum absolute atomic E-state index is 5.56. The van der Waals surface area contributed by atoms with E-state index in [0.29, 0.717) is 6.04 Å². The molecular formula is C11H24N2O. The lowest BCUT2D eigenvalue weighted by molar-refractivity contribution is 0.00378. The Labute approximate surface area is 87.4 Å². The standard InChI is InChI=1S/C11H24N2O/c1-11(2,14-3)8-10(13-12)7-9-5-4-6-9/h9-10,13H,4-8,12H2,1-3H3. The number of hydrogen-bond donors (Lipinski definition) is 2. The Balaban J connectivity index is 2.29. The van der Waals surface area contributed by atoms with Gasteiger partial charge < -0.3 is 4.74 Å². The number of hydrogen-bond acceptors (Lipinski definition) is 3. The fourth-order valence-corrected chi connectivity index (χ4v) is 2.02. The van der Waals surface area contributed by atoms with E-state index in [2.05, 4.69) is 19.3 Å². The first-order valence-electron chi connectivity index (χ1n) is 5.58. The van der Waals surface area contributed by atoms with Crippen molar-refractivity contribution in [2.75, 3.05) is 7.11 Å². The molecule has 0 heterocycles. The Morgan fingerprint density at radius 3 is 2.50 bits per heavy atom. The molecule has 1 fully saturated rings. The molecule has 1 rings (SSSR count). The molecule has 1 aliphatic carbocycles. The zero-order chi connectivity index (χ0) is 10.6. The highest BCUT2D eigenvalue weighted by atomic mass is 16.5. The molecule has 0 aromatic rings. The van der Waals surface area contributed by atoms with Gasteiger partial charge in [0.1, 0.15) is 0 Å². The molecule has 3 nitrogen and oxygen atoms in total. The van der Waals surface area contributed by atoms with Gasteiger partial charge in [-0.15, -0.1) is 0 Å². The monoisotopic (exact) mass is 200 g/mol. The fourth-order valence-electron chi connectivity index (χ4n) is 2.02. The molecule has 0 bridgehead atoms. The molecule has 0 aromatic heterocycles. The van der Waals surface area contributed by atoms with E-state index in [-0.39, 0.29) is 5.60 Å². The number of rotatable bonds is 6. The number of methoxy groups -OCH3 is 1. The van der Waals surface area contributed by atoms with Crippen LogP contribution in [0.4, 0.5) is 0 Å². The minimum Gasteiger partial charge on any atom is -0.379 e. The summed E-state index contributed by atoms with van der Waals surface area (Å²) in [6, 6.07) is 0.398. The summed E-state index contributed by atoms with van der Waals surface area (Å²) in [5.74, 6) is 6.45. The van der Waals surface area contributed by atoms with Gasteiger partial charge in [-0.05, 0) is 32.6 Å². The Kier molecular flexibility index (Phi) is 4.35. The zero-order valence-corrected chi connectivity index (χ0v) is 9.68. The SMILES string of the molecule is COC(C)(C)CC(CC1CCC1)NN. The van der Waals surface area contributed by atoms with Crippen LogP contribution in [0.25, 0.3) is 0 Å². The molecule has 0 aromatic carbocycles. The Morgan fingerprint density at radius 2 is 2.14 bits per heavy atom. The highest BCUT2D eigenvalue weighted by Crippen LogP contribution is 2.32. The van der Waals surface area contributed by atoms with Crippen LogP contribution in [0.5, 0.6) is 0 Å². The van der Waals surface area contributed by atoms with E-state index >= 15 is 0 Å². The van der Waals surface area contributed by atoms with Crippen LogP contribution in [0.1, 0.15) is 46.0 Å². The average Bonchev–Trinajstić information content (AvgIpc) is 2.09. The van der Waals surface area contributed by atoms with Gasteiger partial charge in [-0.2, -0.15) is 0 Å². The van der Waals surface area contributed by atoms with E-state index in [1.165, 1.54) is 25.7 Å². The van der Waals surface area contributed by atoms with Gasteiger partial charge in [0.2, 0.25) is 0 Å². The molecule has 0 saturated heterocycles. The van der Waals surface area contributed by atoms with Crippen molar-refractivity contribution in [1.29, 1.82) is 0 Å². The van der Waals surface area contributed by atoms with Crippen molar-refractivity contribution in [3.63, 3.8) is 0 Å². The molecule has 3 N–H and O–H groups in total. The van der Waals surface area contributed by atoms with E-state index in [1.807, 2.05) is 0 Å². The van der Waals surface area contributed by atoms with Crippen LogP contribution in [0, 0.1) is 5.92 Å². The van der Waals surface area contributed by atoms with Crippen LogP contribution in [-0.4, -0.2) is 18.8 Å². The molecule has 1 unspecified atom stereocenters.